The number of nitrogens with one attached hydrogen (secondary N) is 1. The SMILES string of the molecule is CCCCCCCCC/C=C/C=C/[C@@H](O)[C@H](COP(=O)(O)OCCN)NC(=O)C(O)CCCCCCCCCCCCCCCCCCCC. The van der Waals surface area contributed by atoms with E-state index < -0.39 is 38.6 Å². The molecule has 0 fully saturated rings. The highest BCUT2D eigenvalue weighted by Crippen LogP contribution is 2.43. The summed E-state index contributed by atoms with van der Waals surface area (Å²) in [6.07, 6.45) is 37.4. The molecule has 296 valence electrons. The topological polar surface area (TPSA) is 151 Å². The standard InChI is InChI=1S/C40H79N2O7P/c1-3-5-7-9-11-13-15-16-17-18-19-20-21-23-25-27-29-31-33-39(44)40(45)42-37(36-49-50(46,47)48-35-34-41)38(43)32-30-28-26-24-22-14-12-10-8-6-4-2/h26,28,30,32,37-39,43-44H,3-25,27,29,31,33-36,41H2,1-2H3,(H,42,45)(H,46,47)/b28-26+,32-30+/t37-,38+,39?/m0/s1. The van der Waals surface area contributed by atoms with Crippen molar-refractivity contribution in [3.63, 3.8) is 0 Å². The van der Waals surface area contributed by atoms with Crippen molar-refractivity contribution in [2.45, 2.75) is 205 Å². The van der Waals surface area contributed by atoms with Crippen LogP contribution in [0.15, 0.2) is 24.3 Å². The molecule has 0 bridgehead atoms. The highest BCUT2D eigenvalue weighted by Gasteiger charge is 2.28. The first kappa shape index (κ1) is 48.9. The quantitative estimate of drug-likeness (QED) is 0.0239. The number of carbonyl (C=O) groups excluding carboxylic acids is 1. The zero-order valence-corrected chi connectivity index (χ0v) is 33.1. The molecular weight excluding hydrogens is 651 g/mol. The molecule has 0 rings (SSSR count). The van der Waals surface area contributed by atoms with Gasteiger partial charge in [0.2, 0.25) is 5.91 Å². The molecule has 6 N–H and O–H groups in total. The number of aliphatic hydroxyl groups is 2. The highest BCUT2D eigenvalue weighted by atomic mass is 31.2. The summed E-state index contributed by atoms with van der Waals surface area (Å²) in [6.45, 7) is 3.87. The number of hydrogen-bond donors (Lipinski definition) is 5. The highest BCUT2D eigenvalue weighted by molar-refractivity contribution is 7.47. The van der Waals surface area contributed by atoms with Crippen LogP contribution >= 0.6 is 7.82 Å². The van der Waals surface area contributed by atoms with Crippen molar-refractivity contribution in [3.05, 3.63) is 24.3 Å². The molecule has 0 aromatic carbocycles. The number of phosphoric acid groups is 1. The van der Waals surface area contributed by atoms with E-state index in [-0.39, 0.29) is 13.2 Å². The van der Waals surface area contributed by atoms with Gasteiger partial charge >= 0.3 is 7.82 Å². The van der Waals surface area contributed by atoms with Crippen molar-refractivity contribution in [1.82, 2.24) is 5.32 Å². The lowest BCUT2D eigenvalue weighted by Crippen LogP contribution is -2.49. The summed E-state index contributed by atoms with van der Waals surface area (Å²) in [4.78, 5) is 22.7. The minimum atomic E-state index is -4.42. The number of allylic oxidation sites excluding steroid dienone is 3. The largest absolute Gasteiger partial charge is 0.472 e. The van der Waals surface area contributed by atoms with Gasteiger partial charge in [0.25, 0.3) is 0 Å². The Morgan fingerprint density at radius 2 is 1.12 bits per heavy atom. The van der Waals surface area contributed by atoms with Gasteiger partial charge in [0.1, 0.15) is 6.10 Å². The van der Waals surface area contributed by atoms with Crippen molar-refractivity contribution >= 4 is 13.7 Å². The second kappa shape index (κ2) is 36.3. The predicted molar refractivity (Wildman–Crippen MR) is 209 cm³/mol. The smallest absolute Gasteiger partial charge is 0.387 e. The summed E-state index contributed by atoms with van der Waals surface area (Å²) in [5.74, 6) is -0.650. The van der Waals surface area contributed by atoms with Crippen molar-refractivity contribution < 1.29 is 33.5 Å². The van der Waals surface area contributed by atoms with Crippen molar-refractivity contribution in [1.29, 1.82) is 0 Å². The number of unbranched alkanes of at least 4 members (excludes halogenated alkanes) is 24. The number of aliphatic hydroxyl groups excluding tert-OH is 2. The molecule has 50 heavy (non-hydrogen) atoms. The maximum Gasteiger partial charge on any atom is 0.472 e. The minimum Gasteiger partial charge on any atom is -0.387 e. The van der Waals surface area contributed by atoms with Crippen LogP contribution in [0.3, 0.4) is 0 Å². The number of phosphoric ester groups is 1. The second-order valence-corrected chi connectivity index (χ2v) is 15.5. The fourth-order valence-electron chi connectivity index (χ4n) is 5.96. The third-order valence-electron chi connectivity index (χ3n) is 9.19. The van der Waals surface area contributed by atoms with Gasteiger partial charge in [-0.1, -0.05) is 192 Å². The molecule has 0 saturated heterocycles. The van der Waals surface area contributed by atoms with E-state index in [1.165, 1.54) is 141 Å². The Hall–Kier alpha value is -1.06. The Kier molecular flexibility index (Phi) is 35.5. The van der Waals surface area contributed by atoms with Crippen LogP contribution in [0.1, 0.15) is 187 Å². The van der Waals surface area contributed by atoms with E-state index >= 15 is 0 Å². The monoisotopic (exact) mass is 731 g/mol. The molecule has 2 unspecified atom stereocenters. The van der Waals surface area contributed by atoms with Gasteiger partial charge in [-0.25, -0.2) is 4.57 Å². The maximum atomic E-state index is 12.8. The molecule has 0 radical (unpaired) electrons. The van der Waals surface area contributed by atoms with E-state index in [2.05, 4.69) is 19.2 Å². The Morgan fingerprint density at radius 3 is 1.58 bits per heavy atom. The molecule has 0 aliphatic rings. The number of nitrogens with two attached hydrogens (primary N) is 1. The summed E-state index contributed by atoms with van der Waals surface area (Å²) in [6, 6.07) is -1.06. The van der Waals surface area contributed by atoms with E-state index in [9.17, 15) is 24.5 Å². The first-order valence-corrected chi connectivity index (χ1v) is 22.1. The van der Waals surface area contributed by atoms with Gasteiger partial charge in [-0.3, -0.25) is 13.8 Å². The minimum absolute atomic E-state index is 0.0380. The molecule has 9 nitrogen and oxygen atoms in total. The molecule has 0 spiro atoms. The lowest BCUT2D eigenvalue weighted by Gasteiger charge is -2.24. The van der Waals surface area contributed by atoms with Gasteiger partial charge in [0.05, 0.1) is 25.4 Å². The number of amides is 1. The fourth-order valence-corrected chi connectivity index (χ4v) is 6.72. The van der Waals surface area contributed by atoms with E-state index in [0.29, 0.717) is 6.42 Å². The first-order valence-electron chi connectivity index (χ1n) is 20.6. The van der Waals surface area contributed by atoms with E-state index in [1.807, 2.05) is 12.2 Å². The first-order chi connectivity index (χ1) is 24.3. The molecule has 0 aromatic rings. The Balaban J connectivity index is 4.33. The van der Waals surface area contributed by atoms with E-state index in [1.54, 1.807) is 6.08 Å². The van der Waals surface area contributed by atoms with Crippen LogP contribution in [-0.2, 0) is 18.4 Å². The van der Waals surface area contributed by atoms with Gasteiger partial charge in [-0.15, -0.1) is 0 Å². The predicted octanol–water partition coefficient (Wildman–Crippen LogP) is 9.97. The molecule has 0 aromatic heterocycles. The van der Waals surface area contributed by atoms with Gasteiger partial charge in [0, 0.05) is 6.54 Å². The normalized spacial score (nSPS) is 15.1. The summed E-state index contributed by atoms with van der Waals surface area (Å²) in [5, 5.41) is 23.9. The number of hydrogen-bond acceptors (Lipinski definition) is 7. The molecular formula is C40H79N2O7P. The summed E-state index contributed by atoms with van der Waals surface area (Å²) < 4.78 is 22.0. The molecule has 0 heterocycles. The lowest BCUT2D eigenvalue weighted by molar-refractivity contribution is -0.131. The molecule has 0 saturated carbocycles. The summed E-state index contributed by atoms with van der Waals surface area (Å²) in [5.41, 5.74) is 5.34. The summed E-state index contributed by atoms with van der Waals surface area (Å²) in [7, 11) is -4.42. The third kappa shape index (κ3) is 32.8. The van der Waals surface area contributed by atoms with Gasteiger partial charge < -0.3 is 26.2 Å². The van der Waals surface area contributed by atoms with Crippen LogP contribution in [0.25, 0.3) is 0 Å². The molecule has 10 heteroatoms. The lowest BCUT2D eigenvalue weighted by atomic mass is 10.0. The molecule has 1 amide bonds. The average Bonchev–Trinajstić information content (AvgIpc) is 3.10. The van der Waals surface area contributed by atoms with Crippen LogP contribution in [0.4, 0.5) is 0 Å². The average molecular weight is 731 g/mol. The van der Waals surface area contributed by atoms with Crippen molar-refractivity contribution in [2.75, 3.05) is 19.8 Å². The van der Waals surface area contributed by atoms with Gasteiger partial charge in [-0.05, 0) is 19.3 Å². The van der Waals surface area contributed by atoms with Crippen molar-refractivity contribution in [2.24, 2.45) is 5.73 Å². The summed E-state index contributed by atoms with van der Waals surface area (Å²) >= 11 is 0. The van der Waals surface area contributed by atoms with Crippen LogP contribution in [0.2, 0.25) is 0 Å². The Bertz CT molecular complexity index is 858. The number of rotatable bonds is 38. The van der Waals surface area contributed by atoms with E-state index in [0.717, 1.165) is 32.1 Å². The second-order valence-electron chi connectivity index (χ2n) is 14.0. The van der Waals surface area contributed by atoms with Crippen LogP contribution < -0.4 is 11.1 Å². The van der Waals surface area contributed by atoms with Gasteiger partial charge in [0.15, 0.2) is 0 Å². The van der Waals surface area contributed by atoms with Crippen molar-refractivity contribution in [3.8, 4) is 0 Å². The van der Waals surface area contributed by atoms with Crippen LogP contribution in [0.5, 0.6) is 0 Å². The van der Waals surface area contributed by atoms with Crippen LogP contribution in [0, 0.1) is 0 Å². The molecule has 0 aliphatic heterocycles. The Labute approximate surface area is 307 Å². The number of carbonyl (C=O) groups is 1. The van der Waals surface area contributed by atoms with Gasteiger partial charge in [-0.2, -0.15) is 0 Å². The van der Waals surface area contributed by atoms with E-state index in [4.69, 9.17) is 14.8 Å². The molecule has 4 atom stereocenters. The fraction of sp³-hybridized carbons (Fsp3) is 0.875. The zero-order chi connectivity index (χ0) is 37.0. The maximum absolute atomic E-state index is 12.8. The third-order valence-corrected chi connectivity index (χ3v) is 10.2. The zero-order valence-electron chi connectivity index (χ0n) is 32.3. The van der Waals surface area contributed by atoms with Crippen LogP contribution in [-0.4, -0.2) is 59.0 Å². The molecule has 0 aliphatic carbocycles. The Morgan fingerprint density at radius 1 is 0.680 bits per heavy atom.